The van der Waals surface area contributed by atoms with Crippen LogP contribution in [0, 0.1) is 11.3 Å². The predicted octanol–water partition coefficient (Wildman–Crippen LogP) is -0.252. The van der Waals surface area contributed by atoms with Crippen molar-refractivity contribution in [3.63, 3.8) is 0 Å². The number of nitriles is 1. The second-order valence-corrected chi connectivity index (χ2v) is 2.91. The molecule has 76 valence electrons. The molecule has 6 heteroatoms. The van der Waals surface area contributed by atoms with Crippen LogP contribution in [0.1, 0.15) is 6.92 Å². The van der Waals surface area contributed by atoms with Gasteiger partial charge >= 0.3 is 0 Å². The van der Waals surface area contributed by atoms with Gasteiger partial charge in [0.2, 0.25) is 0 Å². The first-order valence-corrected chi connectivity index (χ1v) is 4.14. The van der Waals surface area contributed by atoms with E-state index >= 15 is 0 Å². The van der Waals surface area contributed by atoms with E-state index in [0.717, 1.165) is 0 Å². The van der Waals surface area contributed by atoms with Gasteiger partial charge in [-0.3, -0.25) is 4.68 Å². The Labute approximate surface area is 81.5 Å². The second kappa shape index (κ2) is 4.48. The van der Waals surface area contributed by atoms with Crippen molar-refractivity contribution < 1.29 is 9.84 Å². The molecule has 0 radical (unpaired) electrons. The van der Waals surface area contributed by atoms with Crippen molar-refractivity contribution in [3.05, 3.63) is 6.20 Å². The summed E-state index contributed by atoms with van der Waals surface area (Å²) in [5, 5.41) is 21.3. The Morgan fingerprint density at radius 1 is 1.86 bits per heavy atom. The van der Waals surface area contributed by atoms with E-state index in [1.54, 1.807) is 13.1 Å². The Morgan fingerprint density at radius 3 is 3.14 bits per heavy atom. The minimum Gasteiger partial charge on any atom is -0.460 e. The summed E-state index contributed by atoms with van der Waals surface area (Å²) in [6.45, 7) is 1.91. The zero-order valence-corrected chi connectivity index (χ0v) is 7.84. The molecule has 0 fully saturated rings. The third-order valence-corrected chi connectivity index (χ3v) is 1.48. The number of hydrogen-bond donors (Lipinski definition) is 2. The summed E-state index contributed by atoms with van der Waals surface area (Å²) < 4.78 is 6.43. The molecule has 6 nitrogen and oxygen atoms in total. The number of aliphatic hydroxyl groups is 1. The number of ether oxygens (including phenoxy) is 1. The maximum Gasteiger partial charge on any atom is 0.257 e. The van der Waals surface area contributed by atoms with Gasteiger partial charge in [0.1, 0.15) is 11.8 Å². The molecule has 1 heterocycles. The van der Waals surface area contributed by atoms with Crippen LogP contribution in [0.25, 0.3) is 0 Å². The van der Waals surface area contributed by atoms with E-state index in [0.29, 0.717) is 12.2 Å². The van der Waals surface area contributed by atoms with Gasteiger partial charge in [0, 0.05) is 0 Å². The molecule has 14 heavy (non-hydrogen) atoms. The maximum atomic E-state index is 9.09. The van der Waals surface area contributed by atoms with Crippen LogP contribution in [-0.4, -0.2) is 27.6 Å². The molecule has 0 aliphatic heterocycles. The highest BCUT2D eigenvalue weighted by Crippen LogP contribution is 2.17. The topological polar surface area (TPSA) is 97.1 Å². The summed E-state index contributed by atoms with van der Waals surface area (Å²) in [5.74, 6) is 0.229. The lowest BCUT2D eigenvalue weighted by atomic mass is 10.4. The standard InChI is InChI=1S/C8H12N4O2/c1-6(13)4-12-5-7(10)8(11-12)14-3-2-9/h5-6,13H,3-4,10H2,1H3. The molecular weight excluding hydrogens is 184 g/mol. The van der Waals surface area contributed by atoms with Crippen LogP contribution in [0.15, 0.2) is 6.20 Å². The average molecular weight is 196 g/mol. The molecule has 0 spiro atoms. The van der Waals surface area contributed by atoms with Gasteiger partial charge in [-0.2, -0.15) is 5.26 Å². The molecule has 1 unspecified atom stereocenters. The van der Waals surface area contributed by atoms with E-state index in [-0.39, 0.29) is 12.5 Å². The van der Waals surface area contributed by atoms with E-state index in [9.17, 15) is 0 Å². The highest BCUT2D eigenvalue weighted by atomic mass is 16.5. The fraction of sp³-hybridized carbons (Fsp3) is 0.500. The lowest BCUT2D eigenvalue weighted by molar-refractivity contribution is 0.167. The van der Waals surface area contributed by atoms with Gasteiger partial charge in [0.15, 0.2) is 6.61 Å². The van der Waals surface area contributed by atoms with Gasteiger partial charge in [0.05, 0.1) is 18.8 Å². The van der Waals surface area contributed by atoms with E-state index in [2.05, 4.69) is 5.10 Å². The average Bonchev–Trinajstić information content (AvgIpc) is 2.41. The first kappa shape index (κ1) is 10.3. The smallest absolute Gasteiger partial charge is 0.257 e. The fourth-order valence-electron chi connectivity index (χ4n) is 0.996. The fourth-order valence-corrected chi connectivity index (χ4v) is 0.996. The molecule has 0 aliphatic carbocycles. The van der Waals surface area contributed by atoms with E-state index in [1.165, 1.54) is 4.68 Å². The van der Waals surface area contributed by atoms with Crippen LogP contribution >= 0.6 is 0 Å². The molecule has 0 saturated heterocycles. The molecule has 3 N–H and O–H groups in total. The highest BCUT2D eigenvalue weighted by molar-refractivity contribution is 5.45. The van der Waals surface area contributed by atoms with Crippen molar-refractivity contribution >= 4 is 5.69 Å². The van der Waals surface area contributed by atoms with Crippen molar-refractivity contribution in [1.82, 2.24) is 9.78 Å². The van der Waals surface area contributed by atoms with Gasteiger partial charge in [-0.15, -0.1) is 5.10 Å². The first-order valence-electron chi connectivity index (χ1n) is 4.14. The molecule has 1 atom stereocenters. The molecular formula is C8H12N4O2. The number of rotatable bonds is 4. The third-order valence-electron chi connectivity index (χ3n) is 1.48. The summed E-state index contributed by atoms with van der Waals surface area (Å²) in [4.78, 5) is 0. The van der Waals surface area contributed by atoms with Gasteiger partial charge in [-0.05, 0) is 6.92 Å². The van der Waals surface area contributed by atoms with Gasteiger partial charge in [-0.1, -0.05) is 0 Å². The Bertz CT molecular complexity index is 340. The zero-order valence-electron chi connectivity index (χ0n) is 7.84. The van der Waals surface area contributed by atoms with Gasteiger partial charge in [0.25, 0.3) is 5.88 Å². The monoisotopic (exact) mass is 196 g/mol. The minimum absolute atomic E-state index is 0.0874. The van der Waals surface area contributed by atoms with E-state index < -0.39 is 6.10 Å². The van der Waals surface area contributed by atoms with Gasteiger partial charge < -0.3 is 15.6 Å². The summed E-state index contributed by atoms with van der Waals surface area (Å²) in [6.07, 6.45) is 1.05. The first-order chi connectivity index (χ1) is 6.63. The normalized spacial score (nSPS) is 12.1. The largest absolute Gasteiger partial charge is 0.460 e. The van der Waals surface area contributed by atoms with Crippen molar-refractivity contribution in [3.8, 4) is 11.9 Å². The Balaban J connectivity index is 2.68. The van der Waals surface area contributed by atoms with Crippen molar-refractivity contribution in [1.29, 1.82) is 5.26 Å². The van der Waals surface area contributed by atoms with Crippen LogP contribution < -0.4 is 10.5 Å². The van der Waals surface area contributed by atoms with Crippen molar-refractivity contribution in [2.24, 2.45) is 0 Å². The lowest BCUT2D eigenvalue weighted by Gasteiger charge is -2.02. The highest BCUT2D eigenvalue weighted by Gasteiger charge is 2.07. The van der Waals surface area contributed by atoms with Crippen molar-refractivity contribution in [2.45, 2.75) is 19.6 Å². The number of aliphatic hydroxyl groups excluding tert-OH is 1. The third kappa shape index (κ3) is 2.64. The predicted molar refractivity (Wildman–Crippen MR) is 49.4 cm³/mol. The molecule has 1 rings (SSSR count). The number of nitrogens with two attached hydrogens (primary N) is 1. The molecule has 0 aromatic carbocycles. The number of hydrogen-bond acceptors (Lipinski definition) is 5. The number of anilines is 1. The molecule has 0 amide bonds. The molecule has 1 aromatic heterocycles. The SMILES string of the molecule is CC(O)Cn1cc(N)c(OCC#N)n1. The van der Waals surface area contributed by atoms with Crippen LogP contribution in [0.3, 0.4) is 0 Å². The number of aromatic nitrogens is 2. The lowest BCUT2D eigenvalue weighted by Crippen LogP contribution is -2.12. The van der Waals surface area contributed by atoms with E-state index in [1.807, 2.05) is 6.07 Å². The summed E-state index contributed by atoms with van der Waals surface area (Å²) >= 11 is 0. The van der Waals surface area contributed by atoms with Crippen LogP contribution in [0.2, 0.25) is 0 Å². The van der Waals surface area contributed by atoms with Crippen LogP contribution in [0.4, 0.5) is 5.69 Å². The summed E-state index contributed by atoms with van der Waals surface area (Å²) in [7, 11) is 0. The number of nitrogen functional groups attached to an aromatic ring is 1. The Hall–Kier alpha value is -1.74. The van der Waals surface area contributed by atoms with Crippen molar-refractivity contribution in [2.75, 3.05) is 12.3 Å². The van der Waals surface area contributed by atoms with E-state index in [4.69, 9.17) is 20.8 Å². The molecule has 0 aliphatic rings. The minimum atomic E-state index is -0.502. The Kier molecular flexibility index (Phi) is 3.31. The van der Waals surface area contributed by atoms with Crippen LogP contribution in [0.5, 0.6) is 5.88 Å². The number of nitrogens with zero attached hydrogens (tertiary/aromatic N) is 3. The maximum absolute atomic E-state index is 9.09. The quantitative estimate of drug-likeness (QED) is 0.692. The molecule has 0 saturated carbocycles. The Morgan fingerprint density at radius 2 is 2.57 bits per heavy atom. The summed E-state index contributed by atoms with van der Waals surface area (Å²) in [6, 6.07) is 1.82. The van der Waals surface area contributed by atoms with Gasteiger partial charge in [-0.25, -0.2) is 0 Å². The second-order valence-electron chi connectivity index (χ2n) is 2.91. The summed E-state index contributed by atoms with van der Waals surface area (Å²) in [5.41, 5.74) is 5.92. The zero-order chi connectivity index (χ0) is 10.6. The van der Waals surface area contributed by atoms with Crippen LogP contribution in [-0.2, 0) is 6.54 Å². The molecule has 0 bridgehead atoms. The molecule has 1 aromatic rings.